The predicted molar refractivity (Wildman–Crippen MR) is 107 cm³/mol. The summed E-state index contributed by atoms with van der Waals surface area (Å²) >= 11 is 0. The van der Waals surface area contributed by atoms with E-state index in [4.69, 9.17) is 8.94 Å². The standard InChI is InChI=1S/C23H24N3O2/c1-16(2)21-20(18-10-6-4-7-11-18)26(15-27-21)14-17(3)23-24-22(25-28-23)19-12-8-5-9-13-19/h4-13,15-17H,14H2,1-3H3/q+1. The van der Waals surface area contributed by atoms with Crippen molar-refractivity contribution in [3.8, 4) is 22.6 Å². The molecule has 2 aromatic heterocycles. The van der Waals surface area contributed by atoms with Crippen molar-refractivity contribution < 1.29 is 13.5 Å². The zero-order valence-electron chi connectivity index (χ0n) is 16.4. The fourth-order valence-electron chi connectivity index (χ4n) is 3.33. The second-order valence-corrected chi connectivity index (χ2v) is 7.33. The summed E-state index contributed by atoms with van der Waals surface area (Å²) in [4.78, 5) is 4.60. The molecule has 0 spiro atoms. The highest BCUT2D eigenvalue weighted by Gasteiger charge is 2.28. The minimum atomic E-state index is 0.0510. The summed E-state index contributed by atoms with van der Waals surface area (Å²) in [5, 5.41) is 4.14. The van der Waals surface area contributed by atoms with Gasteiger partial charge in [-0.15, -0.1) is 0 Å². The van der Waals surface area contributed by atoms with Gasteiger partial charge in [0.15, 0.2) is 12.3 Å². The van der Waals surface area contributed by atoms with E-state index in [9.17, 15) is 0 Å². The van der Waals surface area contributed by atoms with E-state index in [1.54, 1.807) is 6.39 Å². The lowest BCUT2D eigenvalue weighted by molar-refractivity contribution is -0.692. The first-order valence-electron chi connectivity index (χ1n) is 9.58. The summed E-state index contributed by atoms with van der Waals surface area (Å²) in [5.41, 5.74) is 3.20. The van der Waals surface area contributed by atoms with Crippen molar-refractivity contribution in [1.82, 2.24) is 10.1 Å². The molecule has 0 saturated carbocycles. The molecule has 5 nitrogen and oxygen atoms in total. The van der Waals surface area contributed by atoms with Crippen molar-refractivity contribution in [2.45, 2.75) is 39.2 Å². The Bertz CT molecular complexity index is 1040. The maximum Gasteiger partial charge on any atom is 0.335 e. The molecule has 2 heterocycles. The molecular formula is C23H24N3O2+. The van der Waals surface area contributed by atoms with Crippen LogP contribution in [0, 0.1) is 0 Å². The lowest BCUT2D eigenvalue weighted by Crippen LogP contribution is -2.36. The lowest BCUT2D eigenvalue weighted by Gasteiger charge is -2.05. The number of hydrogen-bond acceptors (Lipinski definition) is 4. The first-order valence-corrected chi connectivity index (χ1v) is 9.58. The summed E-state index contributed by atoms with van der Waals surface area (Å²) in [6, 6.07) is 20.2. The summed E-state index contributed by atoms with van der Waals surface area (Å²) < 4.78 is 13.6. The minimum Gasteiger partial charge on any atom is -0.408 e. The summed E-state index contributed by atoms with van der Waals surface area (Å²) in [6.07, 6.45) is 1.79. The number of aromatic nitrogens is 3. The van der Waals surface area contributed by atoms with Gasteiger partial charge in [-0.25, -0.2) is 0 Å². The Labute approximate surface area is 164 Å². The SMILES string of the molecule is CC(C)c1oc[n+](CC(C)c2nc(-c3ccccc3)no2)c1-c1ccccc1. The van der Waals surface area contributed by atoms with Crippen LogP contribution in [-0.4, -0.2) is 10.1 Å². The highest BCUT2D eigenvalue weighted by atomic mass is 16.5. The maximum absolute atomic E-state index is 5.92. The molecule has 0 bridgehead atoms. The van der Waals surface area contributed by atoms with Gasteiger partial charge in [-0.2, -0.15) is 9.55 Å². The van der Waals surface area contributed by atoms with Crippen molar-refractivity contribution in [2.75, 3.05) is 0 Å². The van der Waals surface area contributed by atoms with Crippen LogP contribution in [0.2, 0.25) is 0 Å². The van der Waals surface area contributed by atoms with Gasteiger partial charge in [-0.05, 0) is 19.1 Å². The molecule has 0 N–H and O–H groups in total. The fraction of sp³-hybridized carbons (Fsp3) is 0.261. The number of nitrogens with zero attached hydrogens (tertiary/aromatic N) is 3. The van der Waals surface area contributed by atoms with E-state index in [0.29, 0.717) is 24.2 Å². The maximum atomic E-state index is 5.92. The normalized spacial score (nSPS) is 12.4. The van der Waals surface area contributed by atoms with Crippen molar-refractivity contribution in [3.05, 3.63) is 78.7 Å². The van der Waals surface area contributed by atoms with E-state index in [1.165, 1.54) is 0 Å². The van der Waals surface area contributed by atoms with Crippen LogP contribution in [0.5, 0.6) is 0 Å². The zero-order valence-corrected chi connectivity index (χ0v) is 16.4. The molecule has 0 radical (unpaired) electrons. The lowest BCUT2D eigenvalue weighted by atomic mass is 10.0. The molecule has 0 saturated heterocycles. The molecule has 1 atom stereocenters. The number of rotatable bonds is 6. The van der Waals surface area contributed by atoms with Gasteiger partial charge in [-0.3, -0.25) is 0 Å². The highest BCUT2D eigenvalue weighted by Crippen LogP contribution is 2.28. The summed E-state index contributed by atoms with van der Waals surface area (Å²) in [7, 11) is 0. The minimum absolute atomic E-state index is 0.0510. The van der Waals surface area contributed by atoms with Crippen molar-refractivity contribution in [1.29, 1.82) is 0 Å². The van der Waals surface area contributed by atoms with Crippen LogP contribution in [0.25, 0.3) is 22.6 Å². The van der Waals surface area contributed by atoms with E-state index in [-0.39, 0.29) is 5.92 Å². The predicted octanol–water partition coefficient (Wildman–Crippen LogP) is 5.21. The van der Waals surface area contributed by atoms with Gasteiger partial charge in [-0.1, -0.05) is 67.5 Å². The van der Waals surface area contributed by atoms with Crippen LogP contribution >= 0.6 is 0 Å². The molecule has 4 aromatic rings. The van der Waals surface area contributed by atoms with Gasteiger partial charge >= 0.3 is 6.39 Å². The van der Waals surface area contributed by atoms with E-state index < -0.39 is 0 Å². The Hall–Kier alpha value is -3.21. The van der Waals surface area contributed by atoms with E-state index >= 15 is 0 Å². The summed E-state index contributed by atoms with van der Waals surface area (Å²) in [6.45, 7) is 7.06. The van der Waals surface area contributed by atoms with Gasteiger partial charge in [0.1, 0.15) is 0 Å². The van der Waals surface area contributed by atoms with Crippen molar-refractivity contribution in [2.24, 2.45) is 0 Å². The van der Waals surface area contributed by atoms with Gasteiger partial charge in [0.2, 0.25) is 11.7 Å². The average Bonchev–Trinajstić information content (AvgIpc) is 3.37. The molecule has 5 heteroatoms. The highest BCUT2D eigenvalue weighted by molar-refractivity contribution is 5.58. The monoisotopic (exact) mass is 374 g/mol. The first-order chi connectivity index (χ1) is 13.6. The zero-order chi connectivity index (χ0) is 19.5. The van der Waals surface area contributed by atoms with E-state index in [1.807, 2.05) is 48.5 Å². The largest absolute Gasteiger partial charge is 0.408 e. The molecule has 0 aliphatic carbocycles. The first kappa shape index (κ1) is 18.2. The van der Waals surface area contributed by atoms with Gasteiger partial charge < -0.3 is 8.94 Å². The Balaban J connectivity index is 1.62. The third-order valence-corrected chi connectivity index (χ3v) is 4.76. The molecule has 142 valence electrons. The summed E-state index contributed by atoms with van der Waals surface area (Å²) in [5.74, 6) is 2.56. The third kappa shape index (κ3) is 3.60. The molecule has 0 aliphatic rings. The van der Waals surface area contributed by atoms with Crippen molar-refractivity contribution >= 4 is 0 Å². The van der Waals surface area contributed by atoms with Crippen LogP contribution in [0.3, 0.4) is 0 Å². The Morgan fingerprint density at radius 3 is 2.18 bits per heavy atom. The van der Waals surface area contributed by atoms with Crippen LogP contribution in [-0.2, 0) is 6.54 Å². The molecule has 0 amide bonds. The van der Waals surface area contributed by atoms with E-state index in [2.05, 4.69) is 47.6 Å². The second kappa shape index (κ2) is 7.80. The van der Waals surface area contributed by atoms with Crippen LogP contribution in [0.15, 0.2) is 76.0 Å². The Kier molecular flexibility index (Phi) is 5.06. The number of hydrogen-bond donors (Lipinski definition) is 0. The fourth-order valence-corrected chi connectivity index (χ4v) is 3.33. The molecule has 4 rings (SSSR count). The Morgan fingerprint density at radius 1 is 0.893 bits per heavy atom. The average molecular weight is 374 g/mol. The van der Waals surface area contributed by atoms with Crippen LogP contribution in [0.1, 0.15) is 44.3 Å². The van der Waals surface area contributed by atoms with Crippen molar-refractivity contribution in [3.63, 3.8) is 0 Å². The molecule has 1 unspecified atom stereocenters. The molecule has 2 aromatic carbocycles. The smallest absolute Gasteiger partial charge is 0.335 e. The van der Waals surface area contributed by atoms with Crippen LogP contribution in [0.4, 0.5) is 0 Å². The van der Waals surface area contributed by atoms with Gasteiger partial charge in [0, 0.05) is 17.0 Å². The number of oxazole rings is 1. The molecule has 0 fully saturated rings. The quantitative estimate of drug-likeness (QED) is 0.435. The second-order valence-electron chi connectivity index (χ2n) is 7.33. The molecular weight excluding hydrogens is 350 g/mol. The van der Waals surface area contributed by atoms with Gasteiger partial charge in [0.25, 0.3) is 5.69 Å². The third-order valence-electron chi connectivity index (χ3n) is 4.76. The molecule has 28 heavy (non-hydrogen) atoms. The Morgan fingerprint density at radius 2 is 1.54 bits per heavy atom. The topological polar surface area (TPSA) is 55.9 Å². The number of benzene rings is 2. The van der Waals surface area contributed by atoms with Gasteiger partial charge in [0.05, 0.1) is 5.92 Å². The van der Waals surface area contributed by atoms with E-state index in [0.717, 1.165) is 22.6 Å². The van der Waals surface area contributed by atoms with Crippen LogP contribution < -0.4 is 4.57 Å². The molecule has 0 aliphatic heterocycles.